The van der Waals surface area contributed by atoms with Gasteiger partial charge >= 0.3 is 12.3 Å². The van der Waals surface area contributed by atoms with Crippen LogP contribution >= 0.6 is 0 Å². The monoisotopic (exact) mass is 420 g/mol. The van der Waals surface area contributed by atoms with Crippen molar-refractivity contribution in [3.05, 3.63) is 48.2 Å². The molecule has 0 aliphatic carbocycles. The van der Waals surface area contributed by atoms with Gasteiger partial charge in [-0.2, -0.15) is 0 Å². The van der Waals surface area contributed by atoms with Crippen molar-refractivity contribution < 1.29 is 32.6 Å². The van der Waals surface area contributed by atoms with Gasteiger partial charge < -0.3 is 20.5 Å². The van der Waals surface area contributed by atoms with Crippen molar-refractivity contribution in [1.29, 1.82) is 0 Å². The fourth-order valence-corrected chi connectivity index (χ4v) is 3.42. The number of alkyl halides is 3. The van der Waals surface area contributed by atoms with Crippen molar-refractivity contribution in [3.8, 4) is 11.6 Å². The molecule has 1 amide bonds. The smallest absolute Gasteiger partial charge is 0.480 e. The van der Waals surface area contributed by atoms with Crippen LogP contribution in [0.3, 0.4) is 0 Å². The highest BCUT2D eigenvalue weighted by atomic mass is 19.4. The number of nitrogens with two attached hydrogens (primary N) is 1. The number of aromatic nitrogens is 2. The van der Waals surface area contributed by atoms with Gasteiger partial charge in [0, 0.05) is 18.0 Å². The molecule has 1 fully saturated rings. The maximum atomic E-state index is 12.6. The second-order valence-corrected chi connectivity index (χ2v) is 6.69. The Morgan fingerprint density at radius 2 is 1.90 bits per heavy atom. The van der Waals surface area contributed by atoms with Gasteiger partial charge in [-0.25, -0.2) is 9.78 Å². The number of halogens is 3. The fraction of sp³-hybridized carbons (Fsp3) is 0.211. The molecule has 30 heavy (non-hydrogen) atoms. The number of anilines is 1. The molecule has 0 saturated carbocycles. The largest absolute Gasteiger partial charge is 0.573 e. The molecule has 1 atom stereocenters. The van der Waals surface area contributed by atoms with Crippen LogP contribution in [0.25, 0.3) is 16.7 Å². The Morgan fingerprint density at radius 1 is 1.17 bits per heavy atom. The van der Waals surface area contributed by atoms with E-state index in [2.05, 4.69) is 9.72 Å². The molecule has 3 heterocycles. The number of nitrogens with zero attached hydrogens (tertiary/aromatic N) is 3. The van der Waals surface area contributed by atoms with E-state index < -0.39 is 30.0 Å². The number of carbonyl (C=O) groups excluding carboxylic acids is 1. The number of aliphatic carboxylic acids is 1. The van der Waals surface area contributed by atoms with Gasteiger partial charge in [0.15, 0.2) is 0 Å². The molecule has 1 aliphatic heterocycles. The Balaban J connectivity index is 1.84. The molecule has 1 aliphatic rings. The standard InChI is InChI=1S/C19H15F3N4O4/c20-19(21,22)30-11-5-4-10-8-14(17(23)27)26(13(10)9-11)16-3-1-2-15(24-16)25-7-6-12(25)18(28)29/h1-5,8-9,12H,6-7H2,(H2,23,27)(H,28,29). The Morgan fingerprint density at radius 3 is 2.50 bits per heavy atom. The van der Waals surface area contributed by atoms with Gasteiger partial charge in [-0.15, -0.1) is 13.2 Å². The average molecular weight is 420 g/mol. The van der Waals surface area contributed by atoms with Crippen LogP contribution in [-0.4, -0.2) is 45.5 Å². The predicted molar refractivity (Wildman–Crippen MR) is 99.7 cm³/mol. The van der Waals surface area contributed by atoms with E-state index in [1.54, 1.807) is 23.1 Å². The average Bonchev–Trinajstić information content (AvgIpc) is 2.98. The van der Waals surface area contributed by atoms with E-state index in [4.69, 9.17) is 5.73 Å². The maximum Gasteiger partial charge on any atom is 0.573 e. The van der Waals surface area contributed by atoms with Crippen LogP contribution in [0.1, 0.15) is 16.9 Å². The third kappa shape index (κ3) is 3.49. The minimum atomic E-state index is -4.88. The summed E-state index contributed by atoms with van der Waals surface area (Å²) in [6, 6.07) is 9.14. The zero-order chi connectivity index (χ0) is 21.6. The number of ether oxygens (including phenoxy) is 1. The van der Waals surface area contributed by atoms with Crippen molar-refractivity contribution in [2.45, 2.75) is 18.8 Å². The highest BCUT2D eigenvalue weighted by molar-refractivity contribution is 5.99. The zero-order valence-electron chi connectivity index (χ0n) is 15.3. The molecular weight excluding hydrogens is 405 g/mol. The SMILES string of the molecule is NC(=O)c1cc2ccc(OC(F)(F)F)cc2n1-c1cccc(N2CCC2C(=O)O)n1. The third-order valence-corrected chi connectivity index (χ3v) is 4.81. The van der Waals surface area contributed by atoms with Crippen molar-refractivity contribution in [2.75, 3.05) is 11.4 Å². The van der Waals surface area contributed by atoms with Gasteiger partial charge in [0.1, 0.15) is 29.1 Å². The van der Waals surface area contributed by atoms with Gasteiger partial charge in [0.25, 0.3) is 5.91 Å². The number of fused-ring (bicyclic) bond motifs is 1. The molecule has 8 nitrogen and oxygen atoms in total. The second kappa shape index (κ2) is 6.94. The molecule has 1 aromatic carbocycles. The normalized spacial score (nSPS) is 16.4. The van der Waals surface area contributed by atoms with Crippen LogP contribution in [0.4, 0.5) is 19.0 Å². The van der Waals surface area contributed by atoms with Crippen LogP contribution in [0.2, 0.25) is 0 Å². The van der Waals surface area contributed by atoms with E-state index in [1.165, 1.54) is 16.7 Å². The second-order valence-electron chi connectivity index (χ2n) is 6.69. The van der Waals surface area contributed by atoms with Gasteiger partial charge in [-0.1, -0.05) is 6.07 Å². The van der Waals surface area contributed by atoms with Crippen molar-refractivity contribution in [1.82, 2.24) is 9.55 Å². The Labute approximate surface area is 167 Å². The molecule has 11 heteroatoms. The lowest BCUT2D eigenvalue weighted by molar-refractivity contribution is -0.274. The summed E-state index contributed by atoms with van der Waals surface area (Å²) in [6.07, 6.45) is -4.41. The first kappa shape index (κ1) is 19.6. The Hall–Kier alpha value is -3.76. The minimum absolute atomic E-state index is 0.0113. The molecule has 2 aromatic heterocycles. The molecule has 156 valence electrons. The number of hydrogen-bond acceptors (Lipinski definition) is 5. The van der Waals surface area contributed by atoms with Crippen LogP contribution in [0.15, 0.2) is 42.5 Å². The molecule has 1 unspecified atom stereocenters. The number of primary amides is 1. The quantitative estimate of drug-likeness (QED) is 0.657. The van der Waals surface area contributed by atoms with Crippen molar-refractivity contribution in [3.63, 3.8) is 0 Å². The predicted octanol–water partition coefficient (Wildman–Crippen LogP) is 2.69. The summed E-state index contributed by atoms with van der Waals surface area (Å²) in [5.41, 5.74) is 5.71. The summed E-state index contributed by atoms with van der Waals surface area (Å²) in [5, 5.41) is 9.71. The number of amides is 1. The van der Waals surface area contributed by atoms with Gasteiger partial charge in [-0.3, -0.25) is 9.36 Å². The molecule has 4 rings (SSSR count). The highest BCUT2D eigenvalue weighted by Crippen LogP contribution is 2.31. The molecular formula is C19H15F3N4O4. The fourth-order valence-electron chi connectivity index (χ4n) is 3.42. The number of hydrogen-bond donors (Lipinski definition) is 2. The molecule has 3 N–H and O–H groups in total. The summed E-state index contributed by atoms with van der Waals surface area (Å²) < 4.78 is 43.2. The summed E-state index contributed by atoms with van der Waals surface area (Å²) in [7, 11) is 0. The minimum Gasteiger partial charge on any atom is -0.480 e. The number of carboxylic acids is 1. The van der Waals surface area contributed by atoms with Gasteiger partial charge in [0.05, 0.1) is 5.52 Å². The van der Waals surface area contributed by atoms with Crippen LogP contribution < -0.4 is 15.4 Å². The molecule has 0 spiro atoms. The zero-order valence-corrected chi connectivity index (χ0v) is 15.3. The lowest BCUT2D eigenvalue weighted by Gasteiger charge is -2.39. The first-order chi connectivity index (χ1) is 14.1. The van der Waals surface area contributed by atoms with Crippen molar-refractivity contribution in [2.24, 2.45) is 5.73 Å². The van der Waals surface area contributed by atoms with E-state index in [0.717, 1.165) is 12.1 Å². The van der Waals surface area contributed by atoms with E-state index >= 15 is 0 Å². The summed E-state index contributed by atoms with van der Waals surface area (Å²) in [4.78, 5) is 29.3. The highest BCUT2D eigenvalue weighted by Gasteiger charge is 2.35. The summed E-state index contributed by atoms with van der Waals surface area (Å²) in [5.74, 6) is -1.67. The van der Waals surface area contributed by atoms with E-state index in [9.17, 15) is 27.9 Å². The van der Waals surface area contributed by atoms with E-state index in [1.807, 2.05) is 0 Å². The number of carboxylic acid groups (broad SMARTS) is 1. The Kier molecular flexibility index (Phi) is 4.52. The summed E-state index contributed by atoms with van der Waals surface area (Å²) in [6.45, 7) is 0.492. The van der Waals surface area contributed by atoms with Crippen LogP contribution in [0.5, 0.6) is 5.75 Å². The van der Waals surface area contributed by atoms with Crippen LogP contribution in [0, 0.1) is 0 Å². The van der Waals surface area contributed by atoms with E-state index in [0.29, 0.717) is 24.2 Å². The number of pyridine rings is 1. The third-order valence-electron chi connectivity index (χ3n) is 4.81. The number of carbonyl (C=O) groups is 2. The van der Waals surface area contributed by atoms with E-state index in [-0.39, 0.29) is 17.0 Å². The first-order valence-electron chi connectivity index (χ1n) is 8.82. The topological polar surface area (TPSA) is 111 Å². The van der Waals surface area contributed by atoms with Crippen molar-refractivity contribution >= 4 is 28.6 Å². The van der Waals surface area contributed by atoms with Gasteiger partial charge in [-0.05, 0) is 36.8 Å². The molecule has 0 bridgehead atoms. The lowest BCUT2D eigenvalue weighted by Crippen LogP contribution is -2.53. The molecule has 0 radical (unpaired) electrons. The van der Waals surface area contributed by atoms with Crippen LogP contribution in [-0.2, 0) is 4.79 Å². The molecule has 3 aromatic rings. The number of rotatable bonds is 5. The van der Waals surface area contributed by atoms with Gasteiger partial charge in [0.2, 0.25) is 0 Å². The molecule has 1 saturated heterocycles. The Bertz CT molecular complexity index is 1160. The first-order valence-corrected chi connectivity index (χ1v) is 8.82. The lowest BCUT2D eigenvalue weighted by atomic mass is 10.0. The maximum absolute atomic E-state index is 12.6. The number of benzene rings is 1. The summed E-state index contributed by atoms with van der Waals surface area (Å²) >= 11 is 0.